The van der Waals surface area contributed by atoms with Crippen molar-refractivity contribution in [1.82, 2.24) is 0 Å². The number of benzene rings is 3. The average Bonchev–Trinajstić information content (AvgIpc) is 2.78. The summed E-state index contributed by atoms with van der Waals surface area (Å²) >= 11 is 5.95. The molecule has 0 unspecified atom stereocenters. The summed E-state index contributed by atoms with van der Waals surface area (Å²) in [6.45, 7) is 0.929. The van der Waals surface area contributed by atoms with Crippen molar-refractivity contribution >= 4 is 40.6 Å². The number of anilines is 3. The van der Waals surface area contributed by atoms with Gasteiger partial charge in [0.2, 0.25) is 0 Å². The number of rotatable bonds is 7. The molecule has 3 aromatic carbocycles. The molecule has 1 aliphatic rings. The molecule has 1 aliphatic heterocycles. The summed E-state index contributed by atoms with van der Waals surface area (Å²) in [5.41, 5.74) is 1.72. The van der Waals surface area contributed by atoms with Gasteiger partial charge in [0.25, 0.3) is 5.91 Å². The molecular formula is C24H22ClN3O4. The first-order chi connectivity index (χ1) is 15.6. The Labute approximate surface area is 190 Å². The second-order valence-electron chi connectivity index (χ2n) is 7.12. The van der Waals surface area contributed by atoms with E-state index in [2.05, 4.69) is 10.6 Å². The first-order valence-corrected chi connectivity index (χ1v) is 10.5. The molecule has 0 saturated carbocycles. The van der Waals surface area contributed by atoms with E-state index in [-0.39, 0.29) is 12.5 Å². The molecule has 32 heavy (non-hydrogen) atoms. The summed E-state index contributed by atoms with van der Waals surface area (Å²) in [6.07, 6.45) is 0.646. The van der Waals surface area contributed by atoms with Crippen LogP contribution in [0.4, 0.5) is 21.9 Å². The molecule has 3 amide bonds. The Morgan fingerprint density at radius 1 is 1.00 bits per heavy atom. The molecule has 4 rings (SSSR count). The van der Waals surface area contributed by atoms with Gasteiger partial charge in [-0.1, -0.05) is 35.9 Å². The zero-order valence-electron chi connectivity index (χ0n) is 17.2. The van der Waals surface area contributed by atoms with Gasteiger partial charge < -0.3 is 25.0 Å². The number of hydrogen-bond acceptors (Lipinski definition) is 4. The predicted molar refractivity (Wildman–Crippen MR) is 125 cm³/mol. The number of nitrogens with zero attached hydrogens (tertiary/aromatic N) is 1. The van der Waals surface area contributed by atoms with E-state index in [0.29, 0.717) is 47.4 Å². The van der Waals surface area contributed by atoms with Crippen molar-refractivity contribution in [2.45, 2.75) is 6.42 Å². The molecule has 7 nitrogen and oxygen atoms in total. The Bertz CT molecular complexity index is 1110. The first kappa shape index (κ1) is 21.5. The molecule has 0 aromatic heterocycles. The molecule has 1 heterocycles. The van der Waals surface area contributed by atoms with Gasteiger partial charge in [-0.05, 0) is 55.0 Å². The van der Waals surface area contributed by atoms with Crippen molar-refractivity contribution in [3.8, 4) is 11.5 Å². The highest BCUT2D eigenvalue weighted by atomic mass is 35.5. The third-order valence-corrected chi connectivity index (χ3v) is 5.02. The van der Waals surface area contributed by atoms with Crippen molar-refractivity contribution in [2.24, 2.45) is 0 Å². The molecule has 0 fully saturated rings. The maximum atomic E-state index is 12.5. The van der Waals surface area contributed by atoms with Gasteiger partial charge in [0.1, 0.15) is 11.5 Å². The fourth-order valence-electron chi connectivity index (χ4n) is 3.31. The van der Waals surface area contributed by atoms with Crippen LogP contribution in [-0.2, 0) is 4.79 Å². The van der Waals surface area contributed by atoms with Crippen LogP contribution in [0.1, 0.15) is 6.42 Å². The van der Waals surface area contributed by atoms with Crippen LogP contribution in [-0.4, -0.2) is 31.7 Å². The van der Waals surface area contributed by atoms with E-state index in [0.717, 1.165) is 5.75 Å². The molecule has 3 aromatic rings. The average molecular weight is 452 g/mol. The van der Waals surface area contributed by atoms with Gasteiger partial charge in [-0.15, -0.1) is 0 Å². The van der Waals surface area contributed by atoms with Gasteiger partial charge in [0.15, 0.2) is 6.61 Å². The number of amides is 3. The summed E-state index contributed by atoms with van der Waals surface area (Å²) in [5, 5.41) is 6.03. The fourth-order valence-corrected chi connectivity index (χ4v) is 3.50. The minimum atomic E-state index is -0.418. The molecule has 2 N–H and O–H groups in total. The molecule has 0 saturated heterocycles. The Morgan fingerprint density at radius 2 is 1.78 bits per heavy atom. The van der Waals surface area contributed by atoms with E-state index in [1.165, 1.54) is 0 Å². The largest absolute Gasteiger partial charge is 0.494 e. The molecule has 8 heteroatoms. The molecule has 164 valence electrons. The summed E-state index contributed by atoms with van der Waals surface area (Å²) in [7, 11) is 0. The fraction of sp³-hybridized carbons (Fsp3) is 0.167. The van der Waals surface area contributed by atoms with Gasteiger partial charge in [-0.3, -0.25) is 4.79 Å². The standard InChI is InChI=1S/C24H22ClN3O4/c25-17-6-4-7-18(14-17)26-24(30)27-19-10-11-22-21(15-19)28(23(29)16-32-22)12-5-13-31-20-8-2-1-3-9-20/h1-4,6-11,14-15H,5,12-13,16H2,(H2,26,27,30). The second-order valence-corrected chi connectivity index (χ2v) is 7.56. The zero-order chi connectivity index (χ0) is 22.3. The number of carbonyl (C=O) groups excluding carboxylic acids is 2. The van der Waals surface area contributed by atoms with Gasteiger partial charge >= 0.3 is 6.03 Å². The first-order valence-electron chi connectivity index (χ1n) is 10.2. The van der Waals surface area contributed by atoms with Crippen LogP contribution in [0.25, 0.3) is 0 Å². The van der Waals surface area contributed by atoms with Crippen LogP contribution in [0.3, 0.4) is 0 Å². The predicted octanol–water partition coefficient (Wildman–Crippen LogP) is 5.18. The summed E-state index contributed by atoms with van der Waals surface area (Å²) in [5.74, 6) is 1.24. The quantitative estimate of drug-likeness (QED) is 0.485. The summed E-state index contributed by atoms with van der Waals surface area (Å²) in [4.78, 5) is 26.5. The minimum Gasteiger partial charge on any atom is -0.494 e. The number of halogens is 1. The Kier molecular flexibility index (Phi) is 6.77. The molecule has 0 aliphatic carbocycles. The van der Waals surface area contributed by atoms with Crippen LogP contribution >= 0.6 is 11.6 Å². The molecule has 0 bridgehead atoms. The normalized spacial score (nSPS) is 12.5. The minimum absolute atomic E-state index is 0.0193. The molecule has 0 radical (unpaired) electrons. The van der Waals surface area contributed by atoms with E-state index >= 15 is 0 Å². The number of fused-ring (bicyclic) bond motifs is 1. The van der Waals surface area contributed by atoms with E-state index in [4.69, 9.17) is 21.1 Å². The van der Waals surface area contributed by atoms with E-state index in [1.54, 1.807) is 47.4 Å². The SMILES string of the molecule is O=C(Nc1cccc(Cl)c1)Nc1ccc2c(c1)N(CCCOc1ccccc1)C(=O)CO2. The zero-order valence-corrected chi connectivity index (χ0v) is 18.0. The number of hydrogen-bond donors (Lipinski definition) is 2. The number of nitrogens with one attached hydrogen (secondary N) is 2. The third-order valence-electron chi connectivity index (χ3n) is 4.78. The van der Waals surface area contributed by atoms with Gasteiger partial charge in [-0.25, -0.2) is 4.79 Å². The van der Waals surface area contributed by atoms with E-state index < -0.39 is 6.03 Å². The summed E-state index contributed by atoms with van der Waals surface area (Å²) < 4.78 is 11.3. The van der Waals surface area contributed by atoms with Crippen LogP contribution in [0.2, 0.25) is 5.02 Å². The van der Waals surface area contributed by atoms with Crippen LogP contribution < -0.4 is 25.0 Å². The van der Waals surface area contributed by atoms with E-state index in [1.807, 2.05) is 30.3 Å². The van der Waals surface area contributed by atoms with Crippen molar-refractivity contribution in [1.29, 1.82) is 0 Å². The molecular weight excluding hydrogens is 430 g/mol. The Hall–Kier alpha value is -3.71. The monoisotopic (exact) mass is 451 g/mol. The van der Waals surface area contributed by atoms with E-state index in [9.17, 15) is 9.59 Å². The van der Waals surface area contributed by atoms with Crippen molar-refractivity contribution in [2.75, 3.05) is 35.3 Å². The summed E-state index contributed by atoms with van der Waals surface area (Å²) in [6, 6.07) is 21.2. The third kappa shape index (κ3) is 5.50. The van der Waals surface area contributed by atoms with Gasteiger partial charge in [-0.2, -0.15) is 0 Å². The lowest BCUT2D eigenvalue weighted by Crippen LogP contribution is -2.39. The number of urea groups is 1. The lowest BCUT2D eigenvalue weighted by Gasteiger charge is -2.30. The number of carbonyl (C=O) groups is 2. The van der Waals surface area contributed by atoms with Crippen LogP contribution in [0.5, 0.6) is 11.5 Å². The molecule has 0 spiro atoms. The highest BCUT2D eigenvalue weighted by Gasteiger charge is 2.25. The Morgan fingerprint density at radius 3 is 2.56 bits per heavy atom. The van der Waals surface area contributed by atoms with Crippen molar-refractivity contribution in [3.05, 3.63) is 77.8 Å². The lowest BCUT2D eigenvalue weighted by molar-refractivity contribution is -0.121. The number of para-hydroxylation sites is 1. The maximum absolute atomic E-state index is 12.5. The van der Waals surface area contributed by atoms with Crippen molar-refractivity contribution < 1.29 is 19.1 Å². The maximum Gasteiger partial charge on any atom is 0.323 e. The van der Waals surface area contributed by atoms with Gasteiger partial charge in [0, 0.05) is 22.9 Å². The topological polar surface area (TPSA) is 79.9 Å². The smallest absolute Gasteiger partial charge is 0.323 e. The highest BCUT2D eigenvalue weighted by molar-refractivity contribution is 6.30. The number of ether oxygens (including phenoxy) is 2. The van der Waals surface area contributed by atoms with Crippen LogP contribution in [0, 0.1) is 0 Å². The van der Waals surface area contributed by atoms with Gasteiger partial charge in [0.05, 0.1) is 12.3 Å². The second kappa shape index (κ2) is 10.1. The molecule has 0 atom stereocenters. The highest BCUT2D eigenvalue weighted by Crippen LogP contribution is 2.34. The lowest BCUT2D eigenvalue weighted by atomic mass is 10.2. The Balaban J connectivity index is 1.39. The van der Waals surface area contributed by atoms with Crippen molar-refractivity contribution in [3.63, 3.8) is 0 Å². The van der Waals surface area contributed by atoms with Crippen LogP contribution in [0.15, 0.2) is 72.8 Å².